The maximum Gasteiger partial charge on any atom is 0.338 e. The number of benzene rings is 1. The lowest BCUT2D eigenvalue weighted by molar-refractivity contribution is 0.0529. The summed E-state index contributed by atoms with van der Waals surface area (Å²) < 4.78 is 10.1. The molecule has 0 N–H and O–H groups in total. The van der Waals surface area contributed by atoms with Crippen LogP contribution in [0.4, 0.5) is 0 Å². The molecule has 0 aliphatic rings. The van der Waals surface area contributed by atoms with Crippen LogP contribution in [0.25, 0.3) is 0 Å². The molecule has 0 amide bonds. The van der Waals surface area contributed by atoms with Gasteiger partial charge in [0, 0.05) is 0 Å². The summed E-state index contributed by atoms with van der Waals surface area (Å²) in [4.78, 5) is 11.4. The highest BCUT2D eigenvalue weighted by atomic mass is 35.5. The molecule has 0 fully saturated rings. The van der Waals surface area contributed by atoms with E-state index >= 15 is 0 Å². The Morgan fingerprint density at radius 2 is 2.00 bits per heavy atom. The highest BCUT2D eigenvalue weighted by molar-refractivity contribution is 6.18. The zero-order valence-electron chi connectivity index (χ0n) is 8.53. The second-order valence-electron chi connectivity index (χ2n) is 2.78. The third-order valence-corrected chi connectivity index (χ3v) is 1.87. The van der Waals surface area contributed by atoms with E-state index in [4.69, 9.17) is 21.1 Å². The van der Waals surface area contributed by atoms with E-state index in [0.717, 1.165) is 5.75 Å². The zero-order chi connectivity index (χ0) is 11.1. The van der Waals surface area contributed by atoms with Crippen molar-refractivity contribution in [3.8, 4) is 5.75 Å². The fraction of sp³-hybridized carbons (Fsp3) is 0.364. The zero-order valence-corrected chi connectivity index (χ0v) is 9.29. The molecule has 0 aliphatic heterocycles. The van der Waals surface area contributed by atoms with Crippen molar-refractivity contribution in [1.29, 1.82) is 0 Å². The van der Waals surface area contributed by atoms with Gasteiger partial charge in [-0.15, -0.1) is 11.6 Å². The van der Waals surface area contributed by atoms with Crippen molar-refractivity contribution >= 4 is 17.6 Å². The Labute approximate surface area is 93.9 Å². The van der Waals surface area contributed by atoms with E-state index in [1.165, 1.54) is 0 Å². The molecule has 1 aromatic carbocycles. The third kappa shape index (κ3) is 3.80. The summed E-state index contributed by atoms with van der Waals surface area (Å²) in [5, 5.41) is 0. The number of rotatable bonds is 5. The number of halogens is 1. The maximum absolute atomic E-state index is 11.4. The Morgan fingerprint density at radius 3 is 2.53 bits per heavy atom. The average molecular weight is 229 g/mol. The molecule has 3 nitrogen and oxygen atoms in total. The Balaban J connectivity index is 2.58. The molecule has 0 aromatic heterocycles. The van der Waals surface area contributed by atoms with Gasteiger partial charge in [-0.3, -0.25) is 0 Å². The van der Waals surface area contributed by atoms with Gasteiger partial charge in [0.2, 0.25) is 0 Å². The Bertz CT molecular complexity index is 308. The monoisotopic (exact) mass is 228 g/mol. The van der Waals surface area contributed by atoms with E-state index in [-0.39, 0.29) is 12.6 Å². The van der Waals surface area contributed by atoms with Crippen molar-refractivity contribution in [3.05, 3.63) is 29.8 Å². The summed E-state index contributed by atoms with van der Waals surface area (Å²) in [6.45, 7) is 2.74. The number of alkyl halides is 1. The standard InChI is InChI=1S/C11H13ClO3/c1-2-14-10-5-3-9(4-6-10)11(13)15-8-7-12/h3-6H,2,7-8H2,1H3. The van der Waals surface area contributed by atoms with Gasteiger partial charge in [0.1, 0.15) is 12.4 Å². The predicted molar refractivity (Wildman–Crippen MR) is 58.6 cm³/mol. The van der Waals surface area contributed by atoms with E-state index < -0.39 is 0 Å². The van der Waals surface area contributed by atoms with Crippen LogP contribution < -0.4 is 4.74 Å². The normalized spacial score (nSPS) is 9.73. The topological polar surface area (TPSA) is 35.5 Å². The number of carbonyl (C=O) groups is 1. The first-order valence-corrected chi connectivity index (χ1v) is 5.27. The van der Waals surface area contributed by atoms with E-state index in [9.17, 15) is 4.79 Å². The van der Waals surface area contributed by atoms with Crippen LogP contribution in [0.2, 0.25) is 0 Å². The molecule has 1 rings (SSSR count). The molecule has 0 unspecified atom stereocenters. The van der Waals surface area contributed by atoms with Crippen molar-refractivity contribution in [1.82, 2.24) is 0 Å². The molecule has 0 radical (unpaired) electrons. The van der Waals surface area contributed by atoms with E-state index in [1.54, 1.807) is 24.3 Å². The number of esters is 1. The maximum atomic E-state index is 11.4. The van der Waals surface area contributed by atoms with Crippen molar-refractivity contribution in [2.75, 3.05) is 19.1 Å². The van der Waals surface area contributed by atoms with Crippen molar-refractivity contribution < 1.29 is 14.3 Å². The van der Waals surface area contributed by atoms with Gasteiger partial charge < -0.3 is 9.47 Å². The molecule has 0 saturated heterocycles. The number of hydrogen-bond acceptors (Lipinski definition) is 3. The molecule has 1 aromatic rings. The van der Waals surface area contributed by atoms with Gasteiger partial charge >= 0.3 is 5.97 Å². The second kappa shape index (κ2) is 6.30. The SMILES string of the molecule is CCOc1ccc(C(=O)OCCCl)cc1. The molecule has 0 saturated carbocycles. The average Bonchev–Trinajstić information content (AvgIpc) is 2.27. The summed E-state index contributed by atoms with van der Waals surface area (Å²) in [5.74, 6) is 0.688. The lowest BCUT2D eigenvalue weighted by atomic mass is 10.2. The van der Waals surface area contributed by atoms with Crippen LogP contribution in [-0.4, -0.2) is 25.1 Å². The molecule has 0 spiro atoms. The smallest absolute Gasteiger partial charge is 0.338 e. The van der Waals surface area contributed by atoms with Crippen LogP contribution >= 0.6 is 11.6 Å². The highest BCUT2D eigenvalue weighted by Gasteiger charge is 2.06. The lowest BCUT2D eigenvalue weighted by Crippen LogP contribution is -2.07. The molecule has 0 bridgehead atoms. The molecule has 15 heavy (non-hydrogen) atoms. The minimum Gasteiger partial charge on any atom is -0.494 e. The summed E-state index contributed by atoms with van der Waals surface area (Å²) in [6, 6.07) is 6.81. The predicted octanol–water partition coefficient (Wildman–Crippen LogP) is 2.48. The lowest BCUT2D eigenvalue weighted by Gasteiger charge is -2.04. The van der Waals surface area contributed by atoms with E-state index in [2.05, 4.69) is 0 Å². The van der Waals surface area contributed by atoms with Crippen LogP contribution in [0.3, 0.4) is 0 Å². The largest absolute Gasteiger partial charge is 0.494 e. The quantitative estimate of drug-likeness (QED) is 0.574. The summed E-state index contributed by atoms with van der Waals surface area (Å²) in [5.41, 5.74) is 0.503. The van der Waals surface area contributed by atoms with Crippen LogP contribution in [0.1, 0.15) is 17.3 Å². The van der Waals surface area contributed by atoms with Crippen molar-refractivity contribution in [2.24, 2.45) is 0 Å². The fourth-order valence-electron chi connectivity index (χ4n) is 1.07. The van der Waals surface area contributed by atoms with E-state index in [1.807, 2.05) is 6.92 Å². The molecule has 82 valence electrons. The van der Waals surface area contributed by atoms with Gasteiger partial charge in [-0.1, -0.05) is 0 Å². The summed E-state index contributed by atoms with van der Waals surface area (Å²) in [6.07, 6.45) is 0. The molecule has 0 aliphatic carbocycles. The summed E-state index contributed by atoms with van der Waals surface area (Å²) in [7, 11) is 0. The molecule has 0 atom stereocenters. The van der Waals surface area contributed by atoms with Crippen LogP contribution in [0.5, 0.6) is 5.75 Å². The fourth-order valence-corrected chi connectivity index (χ4v) is 1.15. The van der Waals surface area contributed by atoms with Gasteiger partial charge in [-0.2, -0.15) is 0 Å². The van der Waals surface area contributed by atoms with Crippen LogP contribution in [-0.2, 0) is 4.74 Å². The first-order valence-electron chi connectivity index (χ1n) is 4.74. The first kappa shape index (κ1) is 11.9. The van der Waals surface area contributed by atoms with Crippen LogP contribution in [0.15, 0.2) is 24.3 Å². The number of carbonyl (C=O) groups excluding carboxylic acids is 1. The third-order valence-electron chi connectivity index (χ3n) is 1.71. The Hall–Kier alpha value is -1.22. The molecular formula is C11H13ClO3. The molecule has 4 heteroatoms. The number of hydrogen-bond donors (Lipinski definition) is 0. The Morgan fingerprint density at radius 1 is 1.33 bits per heavy atom. The van der Waals surface area contributed by atoms with Gasteiger partial charge in [-0.05, 0) is 31.2 Å². The molecular weight excluding hydrogens is 216 g/mol. The van der Waals surface area contributed by atoms with Gasteiger partial charge in [-0.25, -0.2) is 4.79 Å². The molecule has 0 heterocycles. The minimum absolute atomic E-state index is 0.230. The van der Waals surface area contributed by atoms with Gasteiger partial charge in [0.05, 0.1) is 18.1 Å². The van der Waals surface area contributed by atoms with Gasteiger partial charge in [0.25, 0.3) is 0 Å². The van der Waals surface area contributed by atoms with Crippen molar-refractivity contribution in [2.45, 2.75) is 6.92 Å². The second-order valence-corrected chi connectivity index (χ2v) is 3.16. The first-order chi connectivity index (χ1) is 7.27. The van der Waals surface area contributed by atoms with E-state index in [0.29, 0.717) is 18.1 Å². The van der Waals surface area contributed by atoms with Gasteiger partial charge in [0.15, 0.2) is 0 Å². The van der Waals surface area contributed by atoms with Crippen LogP contribution in [0, 0.1) is 0 Å². The number of ether oxygens (including phenoxy) is 2. The minimum atomic E-state index is -0.362. The van der Waals surface area contributed by atoms with Crippen molar-refractivity contribution in [3.63, 3.8) is 0 Å². The highest BCUT2D eigenvalue weighted by Crippen LogP contribution is 2.12. The Kier molecular flexibility index (Phi) is 4.98. The summed E-state index contributed by atoms with van der Waals surface area (Å²) >= 11 is 5.40.